The standard InChI is InChI=1S/C24H20N6O2S/c1-15-3-5-16(6-4-15)27-23-28-19-13-17(7-8-21(19)30(23)2)32-18-9-10-25-20(14-18)22(31)29-24-26-11-12-33-24/h3-14H,1-2H3,(H,27,28)(H,26,29,31). The van der Waals surface area contributed by atoms with Crippen molar-refractivity contribution in [2.75, 3.05) is 10.6 Å². The number of aromatic nitrogens is 4. The average Bonchev–Trinajstić information content (AvgIpc) is 3.43. The SMILES string of the molecule is Cc1ccc(Nc2nc3cc(Oc4ccnc(C(=O)Nc5nccs5)c4)ccc3n2C)cc1. The van der Waals surface area contributed by atoms with Crippen molar-refractivity contribution >= 4 is 45.0 Å². The molecule has 5 aromatic rings. The van der Waals surface area contributed by atoms with Gasteiger partial charge in [0, 0.05) is 42.6 Å². The Balaban J connectivity index is 1.35. The molecule has 0 spiro atoms. The molecule has 9 heteroatoms. The van der Waals surface area contributed by atoms with Crippen LogP contribution in [0.1, 0.15) is 16.1 Å². The Hall–Kier alpha value is -4.24. The van der Waals surface area contributed by atoms with Crippen LogP contribution in [0.15, 0.2) is 72.4 Å². The molecule has 0 fully saturated rings. The molecule has 8 nitrogen and oxygen atoms in total. The van der Waals surface area contributed by atoms with Crippen LogP contribution in [-0.4, -0.2) is 25.4 Å². The van der Waals surface area contributed by atoms with E-state index in [1.165, 1.54) is 23.1 Å². The monoisotopic (exact) mass is 456 g/mol. The van der Waals surface area contributed by atoms with Crippen LogP contribution in [0.25, 0.3) is 11.0 Å². The second-order valence-electron chi connectivity index (χ2n) is 7.41. The molecule has 3 aromatic heterocycles. The van der Waals surface area contributed by atoms with Gasteiger partial charge in [-0.05, 0) is 37.3 Å². The summed E-state index contributed by atoms with van der Waals surface area (Å²) in [5, 5.41) is 8.37. The van der Waals surface area contributed by atoms with Crippen LogP contribution in [0.5, 0.6) is 11.5 Å². The summed E-state index contributed by atoms with van der Waals surface area (Å²) in [5.41, 5.74) is 4.17. The topological polar surface area (TPSA) is 94.0 Å². The normalized spacial score (nSPS) is 10.8. The number of hydrogen-bond donors (Lipinski definition) is 2. The molecule has 2 aromatic carbocycles. The Bertz CT molecular complexity index is 1430. The molecule has 1 amide bonds. The largest absolute Gasteiger partial charge is 0.457 e. The summed E-state index contributed by atoms with van der Waals surface area (Å²) in [4.78, 5) is 25.3. The Morgan fingerprint density at radius 3 is 2.61 bits per heavy atom. The number of thiazole rings is 1. The van der Waals surface area contributed by atoms with Crippen LogP contribution < -0.4 is 15.4 Å². The lowest BCUT2D eigenvalue weighted by molar-refractivity contribution is 0.102. The molecule has 0 radical (unpaired) electrons. The van der Waals surface area contributed by atoms with Crippen LogP contribution in [0.2, 0.25) is 0 Å². The van der Waals surface area contributed by atoms with Gasteiger partial charge in [-0.1, -0.05) is 17.7 Å². The summed E-state index contributed by atoms with van der Waals surface area (Å²) in [6, 6.07) is 17.1. The highest BCUT2D eigenvalue weighted by atomic mass is 32.1. The number of hydrogen-bond acceptors (Lipinski definition) is 7. The average molecular weight is 457 g/mol. The highest BCUT2D eigenvalue weighted by Gasteiger charge is 2.12. The van der Waals surface area contributed by atoms with Crippen LogP contribution >= 0.6 is 11.3 Å². The van der Waals surface area contributed by atoms with Gasteiger partial charge in [0.15, 0.2) is 5.13 Å². The molecule has 0 unspecified atom stereocenters. The maximum absolute atomic E-state index is 12.4. The van der Waals surface area contributed by atoms with E-state index in [1.54, 1.807) is 23.7 Å². The van der Waals surface area contributed by atoms with E-state index >= 15 is 0 Å². The summed E-state index contributed by atoms with van der Waals surface area (Å²) >= 11 is 1.34. The number of nitrogens with one attached hydrogen (secondary N) is 2. The van der Waals surface area contributed by atoms with E-state index < -0.39 is 0 Å². The second kappa shape index (κ2) is 8.71. The van der Waals surface area contributed by atoms with Gasteiger partial charge in [-0.2, -0.15) is 0 Å². The number of amides is 1. The van der Waals surface area contributed by atoms with Gasteiger partial charge in [0.05, 0.1) is 11.0 Å². The van der Waals surface area contributed by atoms with E-state index in [9.17, 15) is 4.79 Å². The first-order valence-electron chi connectivity index (χ1n) is 10.2. The van der Waals surface area contributed by atoms with Crippen LogP contribution in [-0.2, 0) is 7.05 Å². The van der Waals surface area contributed by atoms with Gasteiger partial charge in [-0.25, -0.2) is 9.97 Å². The van der Waals surface area contributed by atoms with E-state index in [0.717, 1.165) is 22.7 Å². The van der Waals surface area contributed by atoms with E-state index in [1.807, 2.05) is 41.9 Å². The molecule has 164 valence electrons. The molecule has 33 heavy (non-hydrogen) atoms. The van der Waals surface area contributed by atoms with Gasteiger partial charge < -0.3 is 14.6 Å². The first kappa shape index (κ1) is 20.7. The van der Waals surface area contributed by atoms with Crippen LogP contribution in [0.4, 0.5) is 16.8 Å². The number of nitrogens with zero attached hydrogens (tertiary/aromatic N) is 4. The van der Waals surface area contributed by atoms with Crippen molar-refractivity contribution in [3.8, 4) is 11.5 Å². The lowest BCUT2D eigenvalue weighted by Crippen LogP contribution is -2.13. The highest BCUT2D eigenvalue weighted by molar-refractivity contribution is 7.13. The minimum absolute atomic E-state index is 0.242. The van der Waals surface area contributed by atoms with Gasteiger partial charge >= 0.3 is 0 Å². The molecule has 0 atom stereocenters. The van der Waals surface area contributed by atoms with Crippen molar-refractivity contribution in [3.05, 3.63) is 83.6 Å². The number of ether oxygens (including phenoxy) is 1. The van der Waals surface area contributed by atoms with Crippen LogP contribution in [0, 0.1) is 6.92 Å². The second-order valence-corrected chi connectivity index (χ2v) is 8.30. The smallest absolute Gasteiger partial charge is 0.276 e. The molecule has 3 heterocycles. The number of benzene rings is 2. The van der Waals surface area contributed by atoms with E-state index in [2.05, 4.69) is 39.7 Å². The summed E-state index contributed by atoms with van der Waals surface area (Å²) in [5.74, 6) is 1.50. The molecule has 0 aliphatic rings. The number of anilines is 3. The van der Waals surface area contributed by atoms with Crippen molar-refractivity contribution in [2.24, 2.45) is 7.05 Å². The number of fused-ring (bicyclic) bond motifs is 1. The fourth-order valence-corrected chi connectivity index (χ4v) is 3.83. The third-order valence-electron chi connectivity index (χ3n) is 5.01. The highest BCUT2D eigenvalue weighted by Crippen LogP contribution is 2.28. The Labute approximate surface area is 193 Å². The quantitative estimate of drug-likeness (QED) is 0.349. The number of imidazole rings is 1. The fraction of sp³-hybridized carbons (Fsp3) is 0.0833. The van der Waals surface area contributed by atoms with E-state index in [-0.39, 0.29) is 11.6 Å². The van der Waals surface area contributed by atoms with Gasteiger partial charge in [-0.15, -0.1) is 11.3 Å². The van der Waals surface area contributed by atoms with Gasteiger partial charge in [-0.3, -0.25) is 15.1 Å². The molecule has 0 saturated heterocycles. The minimum Gasteiger partial charge on any atom is -0.457 e. The predicted molar refractivity (Wildman–Crippen MR) is 130 cm³/mol. The lowest BCUT2D eigenvalue weighted by atomic mass is 10.2. The van der Waals surface area contributed by atoms with Crippen molar-refractivity contribution in [3.63, 3.8) is 0 Å². The van der Waals surface area contributed by atoms with Crippen molar-refractivity contribution < 1.29 is 9.53 Å². The maximum Gasteiger partial charge on any atom is 0.276 e. The maximum atomic E-state index is 12.4. The van der Waals surface area contributed by atoms with E-state index in [4.69, 9.17) is 9.72 Å². The number of carbonyl (C=O) groups excluding carboxylic acids is 1. The molecule has 0 bridgehead atoms. The predicted octanol–water partition coefficient (Wildman–Crippen LogP) is 5.52. The Morgan fingerprint density at radius 2 is 1.82 bits per heavy atom. The van der Waals surface area contributed by atoms with Gasteiger partial charge in [0.1, 0.15) is 17.2 Å². The van der Waals surface area contributed by atoms with Gasteiger partial charge in [0.2, 0.25) is 5.95 Å². The summed E-state index contributed by atoms with van der Waals surface area (Å²) in [7, 11) is 1.96. The summed E-state index contributed by atoms with van der Waals surface area (Å²) < 4.78 is 7.98. The third kappa shape index (κ3) is 4.53. The minimum atomic E-state index is -0.345. The first-order valence-corrected chi connectivity index (χ1v) is 11.1. The Kier molecular flexibility index (Phi) is 5.45. The van der Waals surface area contributed by atoms with Crippen molar-refractivity contribution in [1.29, 1.82) is 0 Å². The molecular formula is C24H20N6O2S. The molecule has 0 aliphatic carbocycles. The van der Waals surface area contributed by atoms with Gasteiger partial charge in [0.25, 0.3) is 5.91 Å². The first-order chi connectivity index (χ1) is 16.0. The summed E-state index contributed by atoms with van der Waals surface area (Å²) in [6.45, 7) is 2.06. The molecule has 2 N–H and O–H groups in total. The number of aryl methyl sites for hydroxylation is 2. The van der Waals surface area contributed by atoms with Crippen molar-refractivity contribution in [2.45, 2.75) is 6.92 Å². The summed E-state index contributed by atoms with van der Waals surface area (Å²) in [6.07, 6.45) is 3.16. The third-order valence-corrected chi connectivity index (χ3v) is 5.70. The number of carbonyl (C=O) groups is 1. The Morgan fingerprint density at radius 1 is 1.00 bits per heavy atom. The number of pyridine rings is 1. The zero-order valence-electron chi connectivity index (χ0n) is 17.9. The fourth-order valence-electron chi connectivity index (χ4n) is 3.30. The lowest BCUT2D eigenvalue weighted by Gasteiger charge is -2.07. The molecule has 0 saturated carbocycles. The van der Waals surface area contributed by atoms with Crippen molar-refractivity contribution in [1.82, 2.24) is 19.5 Å². The zero-order valence-corrected chi connectivity index (χ0v) is 18.8. The zero-order chi connectivity index (χ0) is 22.8. The molecular weight excluding hydrogens is 436 g/mol. The molecule has 0 aliphatic heterocycles. The van der Waals surface area contributed by atoms with Crippen LogP contribution in [0.3, 0.4) is 0 Å². The molecule has 5 rings (SSSR count). The number of rotatable bonds is 6. The van der Waals surface area contributed by atoms with E-state index in [0.29, 0.717) is 16.6 Å².